The number of hydrogen-bond donors (Lipinski definition) is 2. The lowest BCUT2D eigenvalue weighted by molar-refractivity contribution is 0.454. The van der Waals surface area contributed by atoms with E-state index >= 15 is 0 Å². The third-order valence-electron chi connectivity index (χ3n) is 2.03. The van der Waals surface area contributed by atoms with Gasteiger partial charge in [0.2, 0.25) is 0 Å². The highest BCUT2D eigenvalue weighted by molar-refractivity contribution is 5.46. The first kappa shape index (κ1) is 10.2. The van der Waals surface area contributed by atoms with E-state index < -0.39 is 0 Å². The number of aromatic nitrogens is 2. The number of ether oxygens (including phenoxy) is 1. The van der Waals surface area contributed by atoms with Gasteiger partial charge in [-0.05, 0) is 24.3 Å². The summed E-state index contributed by atoms with van der Waals surface area (Å²) in [5.41, 5.74) is 0.627. The topological polar surface area (TPSA) is 67.0 Å². The molecule has 2 aromatic rings. The molecule has 0 unspecified atom stereocenters. The molecule has 5 heteroatoms. The maximum Gasteiger partial charge on any atom is 0.311 e. The summed E-state index contributed by atoms with van der Waals surface area (Å²) in [5.74, 6) is 0.614. The number of hydrogen-bond acceptors (Lipinski definition) is 4. The molecule has 5 nitrogen and oxygen atoms in total. The van der Waals surface area contributed by atoms with Gasteiger partial charge in [-0.3, -0.25) is 4.79 Å². The van der Waals surface area contributed by atoms with Gasteiger partial charge in [0.15, 0.2) is 0 Å². The first-order valence-electron chi connectivity index (χ1n) is 4.79. The summed E-state index contributed by atoms with van der Waals surface area (Å²) in [4.78, 5) is 17.6. The Kier molecular flexibility index (Phi) is 2.86. The number of H-pyrrole nitrogens is 1. The standard InChI is InChI=1S/C11H11N3O2/c1-12-8-2-4-9(5-3-8)16-11-10(15)13-6-7-14-11/h2-7,12H,1H3,(H,13,15). The van der Waals surface area contributed by atoms with Crippen molar-refractivity contribution in [1.29, 1.82) is 0 Å². The molecule has 0 fully saturated rings. The van der Waals surface area contributed by atoms with E-state index in [4.69, 9.17) is 4.74 Å². The van der Waals surface area contributed by atoms with Gasteiger partial charge in [-0.25, -0.2) is 4.98 Å². The van der Waals surface area contributed by atoms with Gasteiger partial charge in [0, 0.05) is 25.1 Å². The van der Waals surface area contributed by atoms with Crippen LogP contribution in [0.5, 0.6) is 11.6 Å². The molecule has 0 saturated carbocycles. The van der Waals surface area contributed by atoms with Gasteiger partial charge < -0.3 is 15.0 Å². The third kappa shape index (κ3) is 2.20. The van der Waals surface area contributed by atoms with Gasteiger partial charge in [-0.1, -0.05) is 0 Å². The van der Waals surface area contributed by atoms with Crippen LogP contribution >= 0.6 is 0 Å². The normalized spacial score (nSPS) is 9.81. The van der Waals surface area contributed by atoms with Crippen LogP contribution in [0.25, 0.3) is 0 Å². The Morgan fingerprint density at radius 2 is 2.06 bits per heavy atom. The molecule has 0 bridgehead atoms. The monoisotopic (exact) mass is 217 g/mol. The van der Waals surface area contributed by atoms with Crippen molar-refractivity contribution in [2.24, 2.45) is 0 Å². The molecule has 82 valence electrons. The molecule has 0 atom stereocenters. The van der Waals surface area contributed by atoms with Crippen molar-refractivity contribution in [2.75, 3.05) is 12.4 Å². The first-order chi connectivity index (χ1) is 7.79. The lowest BCUT2D eigenvalue weighted by Gasteiger charge is -2.04. The molecule has 0 saturated heterocycles. The second kappa shape index (κ2) is 4.48. The lowest BCUT2D eigenvalue weighted by Crippen LogP contribution is -2.09. The van der Waals surface area contributed by atoms with Crippen molar-refractivity contribution >= 4 is 5.69 Å². The van der Waals surface area contributed by atoms with Crippen LogP contribution in [-0.2, 0) is 0 Å². The molecule has 1 heterocycles. The fourth-order valence-corrected chi connectivity index (χ4v) is 1.21. The van der Waals surface area contributed by atoms with Crippen LogP contribution in [0.2, 0.25) is 0 Å². The van der Waals surface area contributed by atoms with Crippen molar-refractivity contribution < 1.29 is 4.74 Å². The second-order valence-corrected chi connectivity index (χ2v) is 3.10. The van der Waals surface area contributed by atoms with Gasteiger partial charge in [0.25, 0.3) is 5.88 Å². The van der Waals surface area contributed by atoms with Crippen molar-refractivity contribution in [3.63, 3.8) is 0 Å². The highest BCUT2D eigenvalue weighted by atomic mass is 16.5. The van der Waals surface area contributed by atoms with E-state index in [0.29, 0.717) is 5.75 Å². The number of aromatic amines is 1. The van der Waals surface area contributed by atoms with Crippen molar-refractivity contribution in [2.45, 2.75) is 0 Å². The average Bonchev–Trinajstić information content (AvgIpc) is 2.33. The fraction of sp³-hybridized carbons (Fsp3) is 0.0909. The lowest BCUT2D eigenvalue weighted by atomic mass is 10.3. The molecule has 2 N–H and O–H groups in total. The van der Waals surface area contributed by atoms with E-state index in [1.165, 1.54) is 12.4 Å². The molecule has 0 aliphatic carbocycles. The van der Waals surface area contributed by atoms with Gasteiger partial charge in [-0.15, -0.1) is 0 Å². The van der Waals surface area contributed by atoms with Gasteiger partial charge >= 0.3 is 5.56 Å². The number of rotatable bonds is 3. The van der Waals surface area contributed by atoms with Crippen LogP contribution in [0.3, 0.4) is 0 Å². The Morgan fingerprint density at radius 1 is 1.31 bits per heavy atom. The van der Waals surface area contributed by atoms with Gasteiger partial charge in [0.1, 0.15) is 5.75 Å². The molecule has 0 aliphatic rings. The zero-order chi connectivity index (χ0) is 11.4. The summed E-state index contributed by atoms with van der Waals surface area (Å²) < 4.78 is 5.33. The summed E-state index contributed by atoms with van der Waals surface area (Å²) in [6.45, 7) is 0. The van der Waals surface area contributed by atoms with Gasteiger partial charge in [0.05, 0.1) is 0 Å². The maximum absolute atomic E-state index is 11.3. The van der Waals surface area contributed by atoms with Crippen molar-refractivity contribution in [3.8, 4) is 11.6 Å². The highest BCUT2D eigenvalue weighted by Crippen LogP contribution is 2.18. The van der Waals surface area contributed by atoms with E-state index in [0.717, 1.165) is 5.69 Å². The predicted molar refractivity (Wildman–Crippen MR) is 60.9 cm³/mol. The molecule has 1 aromatic heterocycles. The van der Waals surface area contributed by atoms with E-state index in [1.54, 1.807) is 12.1 Å². The Labute approximate surface area is 92.1 Å². The van der Waals surface area contributed by atoms with Crippen LogP contribution in [0.4, 0.5) is 5.69 Å². The number of nitrogens with zero attached hydrogens (tertiary/aromatic N) is 1. The maximum atomic E-state index is 11.3. The molecule has 0 amide bonds. The van der Waals surface area contributed by atoms with E-state index in [9.17, 15) is 4.79 Å². The minimum atomic E-state index is -0.347. The summed E-state index contributed by atoms with van der Waals surface area (Å²) >= 11 is 0. The van der Waals surface area contributed by atoms with E-state index in [2.05, 4.69) is 15.3 Å². The molecule has 0 radical (unpaired) electrons. The first-order valence-corrected chi connectivity index (χ1v) is 4.79. The summed E-state index contributed by atoms with van der Waals surface area (Å²) in [6.07, 6.45) is 2.93. The molecular formula is C11H11N3O2. The summed E-state index contributed by atoms with van der Waals surface area (Å²) in [7, 11) is 1.83. The highest BCUT2D eigenvalue weighted by Gasteiger charge is 2.02. The zero-order valence-corrected chi connectivity index (χ0v) is 8.73. The Hall–Kier alpha value is -2.30. The quantitative estimate of drug-likeness (QED) is 0.819. The Bertz CT molecular complexity index is 519. The van der Waals surface area contributed by atoms with Crippen LogP contribution in [0, 0.1) is 0 Å². The van der Waals surface area contributed by atoms with Gasteiger partial charge in [-0.2, -0.15) is 0 Å². The molecule has 16 heavy (non-hydrogen) atoms. The average molecular weight is 217 g/mol. The molecule has 0 aliphatic heterocycles. The fourth-order valence-electron chi connectivity index (χ4n) is 1.21. The number of nitrogens with one attached hydrogen (secondary N) is 2. The molecule has 0 spiro atoms. The summed E-state index contributed by atoms with van der Waals surface area (Å²) in [5, 5.41) is 2.99. The summed E-state index contributed by atoms with van der Waals surface area (Å²) in [6, 6.07) is 7.23. The van der Waals surface area contributed by atoms with Crippen LogP contribution in [0.1, 0.15) is 0 Å². The largest absolute Gasteiger partial charge is 0.435 e. The molecule has 1 aromatic carbocycles. The second-order valence-electron chi connectivity index (χ2n) is 3.10. The Balaban J connectivity index is 2.21. The third-order valence-corrected chi connectivity index (χ3v) is 2.03. The Morgan fingerprint density at radius 3 is 2.69 bits per heavy atom. The van der Waals surface area contributed by atoms with Crippen molar-refractivity contribution in [1.82, 2.24) is 9.97 Å². The van der Waals surface area contributed by atoms with Crippen LogP contribution < -0.4 is 15.6 Å². The zero-order valence-electron chi connectivity index (χ0n) is 8.73. The minimum absolute atomic E-state index is 0.0414. The minimum Gasteiger partial charge on any atom is -0.435 e. The van der Waals surface area contributed by atoms with Crippen molar-refractivity contribution in [3.05, 3.63) is 47.0 Å². The SMILES string of the molecule is CNc1ccc(Oc2ncc[nH]c2=O)cc1. The number of anilines is 1. The molecule has 2 rings (SSSR count). The van der Waals surface area contributed by atoms with E-state index in [-0.39, 0.29) is 11.4 Å². The smallest absolute Gasteiger partial charge is 0.311 e. The van der Waals surface area contributed by atoms with E-state index in [1.807, 2.05) is 19.2 Å². The van der Waals surface area contributed by atoms with Crippen LogP contribution in [0.15, 0.2) is 41.5 Å². The molecular weight excluding hydrogens is 206 g/mol. The number of benzene rings is 1. The van der Waals surface area contributed by atoms with Crippen LogP contribution in [-0.4, -0.2) is 17.0 Å². The predicted octanol–water partition coefficient (Wildman–Crippen LogP) is 1.60.